The summed E-state index contributed by atoms with van der Waals surface area (Å²) >= 11 is 0. The third kappa shape index (κ3) is 23.2. The van der Waals surface area contributed by atoms with Crippen LogP contribution in [0.4, 0.5) is 11.4 Å². The van der Waals surface area contributed by atoms with Gasteiger partial charge in [-0.05, 0) is 174 Å². The molecule has 0 saturated carbocycles. The van der Waals surface area contributed by atoms with E-state index in [9.17, 15) is 90.8 Å². The standard InChI is InChI=1S/C87H107N15O20S4/c1-8-36-100-70-35-33-62-64(44-60(125(117,118)119)45-73(62)126(120,121)122)82(70)87(5,6)74(100)29-14-11-15-30-75-86(3,4)81-63-24-18-28-72(61(63)32-34-69(81)101(75)39-21-40-123(112,113)114)124(115,116)99(7)37-20-31-77(104)97-67(43-59-50-89-53-95-59)83(109)94-52-79(106)102-38-19-27-71(102)85(111)98-68(46-76(88)103)84(110)93-51-78(105)92-47-57-41-56-23-16-17-26-65(56)96-66(57)25-13-10-9-12-22-55(42-80(107)108)58-48-90-54(2)91-49-58/h1,11,14-15,18,24,28-30,32-35,41,44-45,48-50,53,55,67-68,71H,8-10,12-13,16-17,19-23,25-27,31,36-40,42-43,46-47,51-52H2,2-7H3,(H11-,88,89,92,93,94,95,97,98,103,104,105,107,108,109,110,111,112,113,114,117,118,119,120,121,122)/t55-,67?,68?,71?/m0/s1. The van der Waals surface area contributed by atoms with E-state index in [-0.39, 0.29) is 99.3 Å². The molecule has 7 amide bonds. The summed E-state index contributed by atoms with van der Waals surface area (Å²) in [4.78, 5) is 129. The van der Waals surface area contributed by atoms with Crippen LogP contribution in [0, 0.1) is 13.8 Å². The number of primary amides is 1. The Morgan fingerprint density at radius 1 is 0.754 bits per heavy atom. The number of hydrogen-bond acceptors (Lipinski definition) is 22. The van der Waals surface area contributed by atoms with Crippen molar-refractivity contribution in [2.45, 2.75) is 213 Å². The van der Waals surface area contributed by atoms with E-state index in [0.717, 1.165) is 89.8 Å². The van der Waals surface area contributed by atoms with Crippen LogP contribution in [-0.4, -0.2) is 214 Å². The average molecular weight is 1810 g/mol. The number of anilines is 1. The summed E-state index contributed by atoms with van der Waals surface area (Å²) in [6.45, 7) is 14.6. The van der Waals surface area contributed by atoms with Crippen LogP contribution < -0.4 is 37.2 Å². The number of amides is 7. The fourth-order valence-corrected chi connectivity index (χ4v) is 20.6. The molecule has 4 aromatic carbocycles. The van der Waals surface area contributed by atoms with Crippen LogP contribution >= 0.6 is 0 Å². The van der Waals surface area contributed by atoms with E-state index in [4.69, 9.17) is 17.6 Å². The van der Waals surface area contributed by atoms with Crippen molar-refractivity contribution >= 4 is 126 Å². The Morgan fingerprint density at radius 2 is 1.47 bits per heavy atom. The van der Waals surface area contributed by atoms with Crippen molar-refractivity contribution in [2.24, 2.45) is 5.73 Å². The summed E-state index contributed by atoms with van der Waals surface area (Å²) < 4.78 is 139. The van der Waals surface area contributed by atoms with E-state index >= 15 is 0 Å². The fourth-order valence-electron chi connectivity index (χ4n) is 17.3. The summed E-state index contributed by atoms with van der Waals surface area (Å²) in [5, 5.41) is 23.7. The Bertz CT molecular complexity index is 5960. The van der Waals surface area contributed by atoms with Gasteiger partial charge in [-0.2, -0.15) is 21.4 Å². The van der Waals surface area contributed by atoms with E-state index in [1.807, 2.05) is 43.2 Å². The van der Waals surface area contributed by atoms with Gasteiger partial charge in [-0.1, -0.05) is 75.6 Å². The van der Waals surface area contributed by atoms with Gasteiger partial charge in [0.25, 0.3) is 20.2 Å². The number of hydrogen-bond donors (Lipinski definition) is 10. The Hall–Kier alpha value is -11.1. The normalized spacial score (nSPS) is 16.8. The summed E-state index contributed by atoms with van der Waals surface area (Å²) in [5.41, 5.74) is 12.4. The number of nitrogens with two attached hydrogens (primary N) is 1. The largest absolute Gasteiger partial charge is 0.748 e. The predicted molar refractivity (Wildman–Crippen MR) is 466 cm³/mol. The van der Waals surface area contributed by atoms with Gasteiger partial charge < -0.3 is 56.8 Å². The van der Waals surface area contributed by atoms with Crippen LogP contribution in [0.25, 0.3) is 21.5 Å². The predicted octanol–water partition coefficient (Wildman–Crippen LogP) is 6.57. The molecule has 11 N–H and O–H groups in total. The molecule has 39 heteroatoms. The highest BCUT2D eigenvalue weighted by Crippen LogP contribution is 2.52. The van der Waals surface area contributed by atoms with Gasteiger partial charge in [0.15, 0.2) is 5.71 Å². The van der Waals surface area contributed by atoms with Crippen LogP contribution in [0.2, 0.25) is 0 Å². The lowest BCUT2D eigenvalue weighted by atomic mass is 9.79. The van der Waals surface area contributed by atoms with Crippen LogP contribution in [-0.2, 0) is 122 Å². The Balaban J connectivity index is 0.688. The Morgan fingerprint density at radius 3 is 2.17 bits per heavy atom. The summed E-state index contributed by atoms with van der Waals surface area (Å²) in [6, 6.07) is 11.2. The van der Waals surface area contributed by atoms with E-state index < -0.39 is 152 Å². The number of rotatable bonds is 42. The summed E-state index contributed by atoms with van der Waals surface area (Å²) in [6.07, 6.45) is 22.8. The van der Waals surface area contributed by atoms with Crippen LogP contribution in [0.5, 0.6) is 0 Å². The molecule has 126 heavy (non-hydrogen) atoms. The van der Waals surface area contributed by atoms with Crippen molar-refractivity contribution in [3.8, 4) is 0 Å². The maximum Gasteiger partial charge on any atom is 0.303 e. The minimum absolute atomic E-state index is 0.0141. The molecule has 2 radical (unpaired) electrons. The molecule has 0 spiro atoms. The van der Waals surface area contributed by atoms with Gasteiger partial charge in [-0.15, -0.1) is 0 Å². The molecule has 1 saturated heterocycles. The van der Waals surface area contributed by atoms with Crippen molar-refractivity contribution in [2.75, 3.05) is 57.0 Å². The first-order valence-corrected chi connectivity index (χ1v) is 47.6. The molecule has 4 aliphatic rings. The van der Waals surface area contributed by atoms with Crippen molar-refractivity contribution in [3.05, 3.63) is 179 Å². The molecular weight excluding hydrogens is 1700 g/mol. The third-order valence-corrected chi connectivity index (χ3v) is 27.9. The number of nitrogens with zero attached hydrogens (tertiary/aromatic N) is 8. The topological polar surface area (TPSA) is 523 Å². The number of aryl methyl sites for hydroxylation is 4. The number of pyridine rings is 1. The molecule has 11 rings (SSSR count). The molecule has 4 atom stereocenters. The van der Waals surface area contributed by atoms with E-state index in [0.29, 0.717) is 81.5 Å². The number of unbranched alkanes of at least 4 members (excludes halogenated alkanes) is 3. The van der Waals surface area contributed by atoms with Gasteiger partial charge in [0.05, 0.1) is 57.6 Å². The minimum atomic E-state index is -5.00. The van der Waals surface area contributed by atoms with Crippen molar-refractivity contribution < 1.29 is 95.4 Å². The molecule has 1 fully saturated rings. The van der Waals surface area contributed by atoms with Gasteiger partial charge >= 0.3 is 5.97 Å². The number of benzene rings is 4. The van der Waals surface area contributed by atoms with Gasteiger partial charge in [-0.3, -0.25) is 52.4 Å². The second kappa shape index (κ2) is 40.7. The minimum Gasteiger partial charge on any atom is -0.748 e. The number of imidazole rings is 1. The number of carboxylic acid groups (broad SMARTS) is 1. The number of likely N-dealkylation sites (tertiary alicyclic amines) is 1. The zero-order chi connectivity index (χ0) is 91.4. The summed E-state index contributed by atoms with van der Waals surface area (Å²) in [5.74, 6) is -6.50. The zero-order valence-electron chi connectivity index (χ0n) is 71.0. The number of carboxylic acids is 1. The maximum absolute atomic E-state index is 14.8. The molecule has 1 aliphatic carbocycles. The van der Waals surface area contributed by atoms with Crippen LogP contribution in [0.1, 0.15) is 181 Å². The molecule has 35 nitrogen and oxygen atoms in total. The first-order valence-electron chi connectivity index (χ1n) is 41.8. The van der Waals surface area contributed by atoms with E-state index in [1.165, 1.54) is 36.6 Å². The number of fused-ring (bicyclic) bond motifs is 7. The lowest BCUT2D eigenvalue weighted by Gasteiger charge is -2.27. The number of sulfonamides is 1. The highest BCUT2D eigenvalue weighted by Gasteiger charge is 2.47. The molecular formula is C87H107N15O20S4. The van der Waals surface area contributed by atoms with Gasteiger partial charge in [0, 0.05) is 139 Å². The SMILES string of the molecule is [CH]CC[N+]1=C(/C=C/C=C/C=C2/N(CCCS(=O)(=O)[O-])c3ccc4c(S(=O)(=O)N(C)CCCC(=O)NC(Cc5cnc[nH]5)C(=O)NCC(=O)N5CCCC5C(=O)NC(CC(N)=O)C(=O)NCC(=O)NCc5cc6c(nc5CCCCCC[C@@H](CC(=O)O)c5cnc(C)nc5)CCCC6)cccc4c3C2(C)C)C(C)(C)c2c1ccc1c(S(=O)(=O)O)cc(S(=O)(=O)O)cc21. The highest BCUT2D eigenvalue weighted by molar-refractivity contribution is 7.89. The Kier molecular flexibility index (Phi) is 30.9. The molecule has 0 bridgehead atoms. The quantitative estimate of drug-likeness (QED) is 0.00837. The zero-order valence-corrected chi connectivity index (χ0v) is 74.3. The van der Waals surface area contributed by atoms with Crippen molar-refractivity contribution in [3.63, 3.8) is 0 Å². The average Bonchev–Trinajstić information content (AvgIpc) is 1.56. The number of H-pyrrole nitrogens is 1. The van der Waals surface area contributed by atoms with Crippen LogP contribution in [0.15, 0.2) is 136 Å². The van der Waals surface area contributed by atoms with Gasteiger partial charge in [0.1, 0.15) is 35.4 Å². The van der Waals surface area contributed by atoms with Crippen LogP contribution in [0.3, 0.4) is 0 Å². The number of allylic oxidation sites excluding steroid dienone is 6. The number of aromatic amines is 1. The smallest absolute Gasteiger partial charge is 0.303 e. The lowest BCUT2D eigenvalue weighted by molar-refractivity contribution is -0.436. The number of aliphatic carboxylic acids is 1. The molecule has 3 aromatic heterocycles. The lowest BCUT2D eigenvalue weighted by Crippen LogP contribution is -2.56. The van der Waals surface area contributed by atoms with E-state index in [2.05, 4.69) is 52.6 Å². The molecule has 674 valence electrons. The fraction of sp³-hybridized carbons (Fsp3) is 0.448. The van der Waals surface area contributed by atoms with Gasteiger partial charge in [-0.25, -0.2) is 36.1 Å². The number of nitrogens with one attached hydrogen (secondary N) is 6. The van der Waals surface area contributed by atoms with Crippen molar-refractivity contribution in [1.29, 1.82) is 0 Å². The maximum atomic E-state index is 14.8. The van der Waals surface area contributed by atoms with Gasteiger partial charge in [0.2, 0.25) is 57.1 Å². The van der Waals surface area contributed by atoms with E-state index in [1.54, 1.807) is 74.0 Å². The first-order chi connectivity index (χ1) is 59.6. The number of carbonyl (C=O) groups excluding carboxylic acids is 7. The Labute approximate surface area is 732 Å². The molecule has 3 unspecified atom stereocenters. The molecule has 7 aromatic rings. The monoisotopic (exact) mass is 1810 g/mol. The first kappa shape index (κ1) is 95.6. The molecule has 3 aliphatic heterocycles. The number of carbonyl (C=O) groups is 8. The molecule has 6 heterocycles. The highest BCUT2D eigenvalue weighted by atomic mass is 32.2. The second-order valence-corrected chi connectivity index (χ2v) is 39.5. The summed E-state index contributed by atoms with van der Waals surface area (Å²) in [7, 11) is -17.6. The second-order valence-electron chi connectivity index (χ2n) is 33.1. The van der Waals surface area contributed by atoms with Crippen molar-refractivity contribution in [1.82, 2.24) is 60.7 Å². The number of aromatic nitrogens is 5. The third-order valence-electron chi connectivity index (χ3n) is 23.5.